The fourth-order valence-electron chi connectivity index (χ4n) is 1.50. The average molecular weight is 346 g/mol. The summed E-state index contributed by atoms with van der Waals surface area (Å²) in [6.07, 6.45) is 0. The summed E-state index contributed by atoms with van der Waals surface area (Å²) in [5, 5.41) is 13.6. The van der Waals surface area contributed by atoms with E-state index in [-0.39, 0.29) is 22.3 Å². The minimum Gasteiger partial charge on any atom is -0.482 e. The highest BCUT2D eigenvalue weighted by Crippen LogP contribution is 2.29. The number of halogens is 2. The number of benzene rings is 1. The number of hydrogen-bond donors (Lipinski definition) is 2. The lowest BCUT2D eigenvalue weighted by Crippen LogP contribution is -2.20. The molecule has 110 valence electrons. The predicted molar refractivity (Wildman–Crippen MR) is 81.9 cm³/mol. The maximum atomic E-state index is 11.8. The fraction of sp³-hybridized carbons (Fsp3) is 0.0769. The Morgan fingerprint density at radius 1 is 1.29 bits per heavy atom. The summed E-state index contributed by atoms with van der Waals surface area (Å²) in [5.74, 6) is -1.42. The van der Waals surface area contributed by atoms with Gasteiger partial charge in [0.1, 0.15) is 5.75 Å². The highest BCUT2D eigenvalue weighted by molar-refractivity contribution is 7.12. The Hall–Kier alpha value is -1.76. The van der Waals surface area contributed by atoms with Gasteiger partial charge in [-0.3, -0.25) is 4.79 Å². The van der Waals surface area contributed by atoms with Gasteiger partial charge in [-0.1, -0.05) is 29.3 Å². The first kappa shape index (κ1) is 15.6. The monoisotopic (exact) mass is 345 g/mol. The van der Waals surface area contributed by atoms with Crippen molar-refractivity contribution in [2.24, 2.45) is 0 Å². The molecule has 0 aliphatic heterocycles. The summed E-state index contributed by atoms with van der Waals surface area (Å²) in [6, 6.07) is 6.33. The van der Waals surface area contributed by atoms with Crippen molar-refractivity contribution in [1.82, 2.24) is 0 Å². The van der Waals surface area contributed by atoms with Gasteiger partial charge in [0.25, 0.3) is 5.91 Å². The number of carbonyl (C=O) groups excluding carboxylic acids is 1. The van der Waals surface area contributed by atoms with Crippen LogP contribution in [0.2, 0.25) is 10.0 Å². The molecule has 0 atom stereocenters. The molecule has 0 bridgehead atoms. The van der Waals surface area contributed by atoms with E-state index in [1.165, 1.54) is 6.07 Å². The number of carbonyl (C=O) groups is 2. The van der Waals surface area contributed by atoms with Crippen LogP contribution in [0.4, 0.5) is 5.69 Å². The van der Waals surface area contributed by atoms with Gasteiger partial charge in [-0.25, -0.2) is 4.79 Å². The second-order valence-electron chi connectivity index (χ2n) is 3.86. The molecular weight excluding hydrogens is 337 g/mol. The van der Waals surface area contributed by atoms with Gasteiger partial charge in [0, 0.05) is 0 Å². The van der Waals surface area contributed by atoms with Crippen LogP contribution in [0.15, 0.2) is 29.6 Å². The molecule has 0 aliphatic carbocycles. The van der Waals surface area contributed by atoms with E-state index in [1.807, 2.05) is 0 Å². The zero-order valence-electron chi connectivity index (χ0n) is 10.4. The molecule has 1 amide bonds. The molecule has 8 heteroatoms. The van der Waals surface area contributed by atoms with Crippen LogP contribution in [0.1, 0.15) is 9.67 Å². The van der Waals surface area contributed by atoms with Gasteiger partial charge in [-0.05, 0) is 23.6 Å². The maximum absolute atomic E-state index is 11.8. The summed E-state index contributed by atoms with van der Waals surface area (Å²) in [7, 11) is 0. The SMILES string of the molecule is O=C(COc1ccsc1C(=O)O)Nc1cccc(Cl)c1Cl. The number of nitrogens with one attached hydrogen (secondary N) is 1. The lowest BCUT2D eigenvalue weighted by Gasteiger charge is -2.09. The molecule has 0 saturated heterocycles. The van der Waals surface area contributed by atoms with E-state index in [4.69, 9.17) is 33.0 Å². The summed E-state index contributed by atoms with van der Waals surface area (Å²) in [4.78, 5) is 22.7. The first-order chi connectivity index (χ1) is 9.99. The fourth-order valence-corrected chi connectivity index (χ4v) is 2.52. The van der Waals surface area contributed by atoms with Gasteiger partial charge in [0.05, 0.1) is 15.7 Å². The number of rotatable bonds is 5. The number of anilines is 1. The standard InChI is InChI=1S/C13H9Cl2NO4S/c14-7-2-1-3-8(11(7)15)16-10(17)6-20-9-4-5-21-12(9)13(18)19/h1-5H,6H2,(H,16,17)(H,18,19). The molecule has 2 rings (SSSR count). The third kappa shape index (κ3) is 3.87. The maximum Gasteiger partial charge on any atom is 0.349 e. The average Bonchev–Trinajstić information content (AvgIpc) is 2.90. The van der Waals surface area contributed by atoms with Crippen molar-refractivity contribution in [2.75, 3.05) is 11.9 Å². The van der Waals surface area contributed by atoms with Crippen molar-refractivity contribution in [3.05, 3.63) is 44.6 Å². The zero-order chi connectivity index (χ0) is 15.4. The molecule has 0 fully saturated rings. The van der Waals surface area contributed by atoms with Gasteiger partial charge >= 0.3 is 5.97 Å². The van der Waals surface area contributed by atoms with E-state index < -0.39 is 11.9 Å². The number of thiophene rings is 1. The summed E-state index contributed by atoms with van der Waals surface area (Å²) in [5.41, 5.74) is 0.363. The van der Waals surface area contributed by atoms with E-state index in [9.17, 15) is 9.59 Å². The number of carboxylic acid groups (broad SMARTS) is 1. The third-order valence-electron chi connectivity index (χ3n) is 2.41. The molecule has 21 heavy (non-hydrogen) atoms. The normalized spacial score (nSPS) is 10.2. The van der Waals surface area contributed by atoms with Crippen LogP contribution in [0, 0.1) is 0 Å². The molecule has 0 unspecified atom stereocenters. The Balaban J connectivity index is 1.98. The summed E-state index contributed by atoms with van der Waals surface area (Å²) < 4.78 is 5.18. The lowest BCUT2D eigenvalue weighted by atomic mass is 10.3. The van der Waals surface area contributed by atoms with Gasteiger partial charge in [-0.15, -0.1) is 11.3 Å². The Bertz CT molecular complexity index is 687. The Kier molecular flexibility index (Phi) is 5.06. The number of aromatic carboxylic acids is 1. The molecule has 1 aromatic carbocycles. The smallest absolute Gasteiger partial charge is 0.349 e. The number of ether oxygens (including phenoxy) is 1. The largest absolute Gasteiger partial charge is 0.482 e. The second-order valence-corrected chi connectivity index (χ2v) is 5.56. The highest BCUT2D eigenvalue weighted by Gasteiger charge is 2.15. The van der Waals surface area contributed by atoms with E-state index in [0.717, 1.165) is 11.3 Å². The van der Waals surface area contributed by atoms with Crippen LogP contribution >= 0.6 is 34.5 Å². The van der Waals surface area contributed by atoms with E-state index in [1.54, 1.807) is 23.6 Å². The molecular formula is C13H9Cl2NO4S. The zero-order valence-corrected chi connectivity index (χ0v) is 12.8. The van der Waals surface area contributed by atoms with Crippen LogP contribution in [-0.4, -0.2) is 23.6 Å². The van der Waals surface area contributed by atoms with Crippen molar-refractivity contribution in [1.29, 1.82) is 0 Å². The van der Waals surface area contributed by atoms with Crippen LogP contribution < -0.4 is 10.1 Å². The topological polar surface area (TPSA) is 75.6 Å². The van der Waals surface area contributed by atoms with Crippen molar-refractivity contribution < 1.29 is 19.4 Å². The molecule has 0 saturated carbocycles. The van der Waals surface area contributed by atoms with Gasteiger partial charge < -0.3 is 15.2 Å². The number of carboxylic acids is 1. The van der Waals surface area contributed by atoms with E-state index >= 15 is 0 Å². The highest BCUT2D eigenvalue weighted by atomic mass is 35.5. The van der Waals surface area contributed by atoms with Gasteiger partial charge in [0.15, 0.2) is 11.5 Å². The van der Waals surface area contributed by atoms with Crippen LogP contribution in [0.3, 0.4) is 0 Å². The summed E-state index contributed by atoms with van der Waals surface area (Å²) >= 11 is 12.8. The van der Waals surface area contributed by atoms with Crippen molar-refractivity contribution >= 4 is 52.1 Å². The van der Waals surface area contributed by atoms with E-state index in [2.05, 4.69) is 5.32 Å². The molecule has 2 aromatic rings. The van der Waals surface area contributed by atoms with Crippen molar-refractivity contribution in [2.45, 2.75) is 0 Å². The molecule has 0 spiro atoms. The Morgan fingerprint density at radius 2 is 2.05 bits per heavy atom. The quantitative estimate of drug-likeness (QED) is 0.864. The predicted octanol–water partition coefficient (Wildman–Crippen LogP) is 3.77. The molecule has 5 nitrogen and oxygen atoms in total. The first-order valence-electron chi connectivity index (χ1n) is 5.66. The molecule has 2 N–H and O–H groups in total. The number of hydrogen-bond acceptors (Lipinski definition) is 4. The van der Waals surface area contributed by atoms with Crippen molar-refractivity contribution in [3.8, 4) is 5.75 Å². The first-order valence-corrected chi connectivity index (χ1v) is 7.30. The second kappa shape index (κ2) is 6.80. The van der Waals surface area contributed by atoms with Crippen LogP contribution in [-0.2, 0) is 4.79 Å². The van der Waals surface area contributed by atoms with Crippen molar-refractivity contribution in [3.63, 3.8) is 0 Å². The summed E-state index contributed by atoms with van der Waals surface area (Å²) in [6.45, 7) is -0.333. The van der Waals surface area contributed by atoms with E-state index in [0.29, 0.717) is 10.7 Å². The molecule has 0 aliphatic rings. The van der Waals surface area contributed by atoms with Crippen LogP contribution in [0.5, 0.6) is 5.75 Å². The molecule has 1 aromatic heterocycles. The molecule has 0 radical (unpaired) electrons. The third-order valence-corrected chi connectivity index (χ3v) is 4.11. The van der Waals surface area contributed by atoms with Crippen LogP contribution in [0.25, 0.3) is 0 Å². The molecule has 1 heterocycles. The minimum absolute atomic E-state index is 0.0450. The Labute approximate surface area is 134 Å². The van der Waals surface area contributed by atoms with Gasteiger partial charge in [0.2, 0.25) is 0 Å². The minimum atomic E-state index is -1.10. The lowest BCUT2D eigenvalue weighted by molar-refractivity contribution is -0.118. The van der Waals surface area contributed by atoms with Gasteiger partial charge in [-0.2, -0.15) is 0 Å². The Morgan fingerprint density at radius 3 is 2.76 bits per heavy atom. The number of amides is 1.